The van der Waals surface area contributed by atoms with E-state index in [4.69, 9.17) is 0 Å². The zero-order valence-electron chi connectivity index (χ0n) is 18.7. The van der Waals surface area contributed by atoms with Crippen molar-refractivity contribution in [3.63, 3.8) is 0 Å². The summed E-state index contributed by atoms with van der Waals surface area (Å²) in [6, 6.07) is 15.1. The van der Waals surface area contributed by atoms with E-state index in [0.717, 1.165) is 38.3 Å². The average molecular weight is 477 g/mol. The fourth-order valence-corrected chi connectivity index (χ4v) is 5.30. The van der Waals surface area contributed by atoms with Crippen molar-refractivity contribution in [2.45, 2.75) is 23.9 Å². The maximum atomic E-state index is 13.0. The molecule has 1 unspecified atom stereocenters. The molecule has 1 aliphatic rings. The minimum Gasteiger partial charge on any atom is -0.325 e. The number of nitrogens with zero attached hydrogens (tertiary/aromatic N) is 2. The summed E-state index contributed by atoms with van der Waals surface area (Å²) < 4.78 is 28.1. The summed E-state index contributed by atoms with van der Waals surface area (Å²) in [7, 11) is -1.66. The molecule has 0 spiro atoms. The van der Waals surface area contributed by atoms with E-state index in [-0.39, 0.29) is 10.8 Å². The molecule has 2 N–H and O–H groups in total. The maximum absolute atomic E-state index is 13.0. The van der Waals surface area contributed by atoms with Gasteiger partial charge >= 0.3 is 0 Å². The summed E-state index contributed by atoms with van der Waals surface area (Å²) in [5.41, 5.74) is 1.80. The molecule has 0 aliphatic carbocycles. The monoisotopic (exact) mass is 476 g/mol. The Kier molecular flexibility index (Phi) is 9.12. The highest BCUT2D eigenvalue weighted by Crippen LogP contribution is 2.16. The molecular weight excluding hydrogens is 444 g/mol. The molecule has 1 amide bonds. The van der Waals surface area contributed by atoms with Gasteiger partial charge in [-0.15, -0.1) is 0 Å². The van der Waals surface area contributed by atoms with E-state index in [2.05, 4.69) is 33.0 Å². The fourth-order valence-electron chi connectivity index (χ4n) is 3.58. The maximum Gasteiger partial charge on any atom is 0.242 e. The first-order valence-corrected chi connectivity index (χ1v) is 13.6. The van der Waals surface area contributed by atoms with Gasteiger partial charge in [0.25, 0.3) is 0 Å². The number of rotatable bonds is 10. The van der Waals surface area contributed by atoms with Gasteiger partial charge in [-0.1, -0.05) is 30.3 Å². The summed E-state index contributed by atoms with van der Waals surface area (Å²) in [6.07, 6.45) is 2.34. The lowest BCUT2D eigenvalue weighted by Crippen LogP contribution is -2.44. The lowest BCUT2D eigenvalue weighted by molar-refractivity contribution is -0.117. The fraction of sp³-hybridized carbons (Fsp3) is 0.435. The van der Waals surface area contributed by atoms with Gasteiger partial charge in [-0.2, -0.15) is 16.5 Å². The SMILES string of the molecule is CSCCC(NS(=O)(=O)c1ccccc1)C(=O)Nc1cccc(CN2CCN(C)CC2)c1. The van der Waals surface area contributed by atoms with E-state index in [9.17, 15) is 13.2 Å². The highest BCUT2D eigenvalue weighted by atomic mass is 32.2. The predicted molar refractivity (Wildman–Crippen MR) is 131 cm³/mol. The van der Waals surface area contributed by atoms with Crippen molar-refractivity contribution < 1.29 is 13.2 Å². The molecule has 0 saturated carbocycles. The van der Waals surface area contributed by atoms with Gasteiger partial charge in [0, 0.05) is 38.4 Å². The first-order valence-electron chi connectivity index (χ1n) is 10.7. The molecule has 1 atom stereocenters. The van der Waals surface area contributed by atoms with Gasteiger partial charge in [-0.3, -0.25) is 9.69 Å². The molecule has 0 aromatic heterocycles. The quantitative estimate of drug-likeness (QED) is 0.548. The van der Waals surface area contributed by atoms with Gasteiger partial charge in [0.1, 0.15) is 6.04 Å². The van der Waals surface area contributed by atoms with E-state index >= 15 is 0 Å². The van der Waals surface area contributed by atoms with Crippen LogP contribution in [0.25, 0.3) is 0 Å². The summed E-state index contributed by atoms with van der Waals surface area (Å²) >= 11 is 1.57. The number of amides is 1. The van der Waals surface area contributed by atoms with E-state index in [0.29, 0.717) is 17.9 Å². The second kappa shape index (κ2) is 11.8. The summed E-state index contributed by atoms with van der Waals surface area (Å²) in [6.45, 7) is 4.97. The molecule has 1 saturated heterocycles. The Hall–Kier alpha value is -1.91. The van der Waals surface area contributed by atoms with Gasteiger partial charge in [-0.25, -0.2) is 8.42 Å². The van der Waals surface area contributed by atoms with Crippen LogP contribution >= 0.6 is 11.8 Å². The molecule has 7 nitrogen and oxygen atoms in total. The van der Waals surface area contributed by atoms with Crippen LogP contribution in [0.3, 0.4) is 0 Å². The highest BCUT2D eigenvalue weighted by Gasteiger charge is 2.25. The number of carbonyl (C=O) groups excluding carboxylic acids is 1. The summed E-state index contributed by atoms with van der Waals surface area (Å²) in [4.78, 5) is 17.9. The number of hydrogen-bond acceptors (Lipinski definition) is 6. The smallest absolute Gasteiger partial charge is 0.242 e. The Morgan fingerprint density at radius 3 is 2.47 bits per heavy atom. The van der Waals surface area contributed by atoms with E-state index in [1.165, 1.54) is 12.1 Å². The first kappa shape index (κ1) is 24.7. The third-order valence-electron chi connectivity index (χ3n) is 5.47. The largest absolute Gasteiger partial charge is 0.325 e. The molecule has 32 heavy (non-hydrogen) atoms. The Balaban J connectivity index is 1.66. The lowest BCUT2D eigenvalue weighted by atomic mass is 10.1. The van der Waals surface area contributed by atoms with Gasteiger partial charge in [0.15, 0.2) is 0 Å². The standard InChI is InChI=1S/C23H32N4O3S2/c1-26-12-14-27(15-13-26)18-19-7-6-8-20(17-19)24-23(28)22(11-16-31-2)25-32(29,30)21-9-4-3-5-10-21/h3-10,17,22,25H,11-16,18H2,1-2H3,(H,24,28). The van der Waals surface area contributed by atoms with Crippen molar-refractivity contribution in [1.82, 2.24) is 14.5 Å². The second-order valence-corrected chi connectivity index (χ2v) is 10.7. The molecule has 9 heteroatoms. The van der Waals surface area contributed by atoms with Gasteiger partial charge in [0.2, 0.25) is 15.9 Å². The van der Waals surface area contributed by atoms with Crippen LogP contribution in [0.2, 0.25) is 0 Å². The molecule has 174 valence electrons. The van der Waals surface area contributed by atoms with E-state index in [1.807, 2.05) is 24.5 Å². The number of likely N-dealkylation sites (N-methyl/N-ethyl adjacent to an activating group) is 1. The number of thioether (sulfide) groups is 1. The number of nitrogens with one attached hydrogen (secondary N) is 2. The molecule has 1 heterocycles. The van der Waals surface area contributed by atoms with Crippen molar-refractivity contribution >= 4 is 33.4 Å². The molecular formula is C23H32N4O3S2. The van der Waals surface area contributed by atoms with Gasteiger partial charge < -0.3 is 10.2 Å². The van der Waals surface area contributed by atoms with Crippen molar-refractivity contribution in [1.29, 1.82) is 0 Å². The Labute approximate surface area is 195 Å². The van der Waals surface area contributed by atoms with Crippen LogP contribution in [-0.4, -0.2) is 75.4 Å². The molecule has 0 radical (unpaired) electrons. The summed E-state index contributed by atoms with van der Waals surface area (Å²) in [5, 5.41) is 2.91. The number of anilines is 1. The second-order valence-electron chi connectivity index (χ2n) is 8.04. The summed E-state index contributed by atoms with van der Waals surface area (Å²) in [5.74, 6) is 0.314. The molecule has 0 bridgehead atoms. The van der Waals surface area contributed by atoms with Crippen LogP contribution in [0, 0.1) is 0 Å². The Morgan fingerprint density at radius 1 is 1.06 bits per heavy atom. The number of hydrogen-bond donors (Lipinski definition) is 2. The molecule has 1 aliphatic heterocycles. The Bertz CT molecular complexity index is 978. The van der Waals surface area contributed by atoms with Crippen LogP contribution < -0.4 is 10.0 Å². The van der Waals surface area contributed by atoms with Crippen LogP contribution in [-0.2, 0) is 21.4 Å². The van der Waals surface area contributed by atoms with E-state index in [1.54, 1.807) is 30.0 Å². The third-order valence-corrected chi connectivity index (χ3v) is 7.61. The average Bonchev–Trinajstić information content (AvgIpc) is 2.79. The van der Waals surface area contributed by atoms with Crippen LogP contribution in [0.15, 0.2) is 59.5 Å². The number of piperazine rings is 1. The van der Waals surface area contributed by atoms with Crippen LogP contribution in [0.5, 0.6) is 0 Å². The molecule has 1 fully saturated rings. The minimum absolute atomic E-state index is 0.149. The number of sulfonamides is 1. The predicted octanol–water partition coefficient (Wildman–Crippen LogP) is 2.47. The highest BCUT2D eigenvalue weighted by molar-refractivity contribution is 7.98. The zero-order valence-corrected chi connectivity index (χ0v) is 20.3. The van der Waals surface area contributed by atoms with Crippen LogP contribution in [0.1, 0.15) is 12.0 Å². The lowest BCUT2D eigenvalue weighted by Gasteiger charge is -2.32. The van der Waals surface area contributed by atoms with Crippen molar-refractivity contribution in [3.8, 4) is 0 Å². The van der Waals surface area contributed by atoms with E-state index < -0.39 is 16.1 Å². The molecule has 3 rings (SSSR count). The molecule has 2 aromatic rings. The number of carbonyl (C=O) groups is 1. The molecule has 2 aromatic carbocycles. The van der Waals surface area contributed by atoms with Gasteiger partial charge in [-0.05, 0) is 55.3 Å². The first-order chi connectivity index (χ1) is 15.4. The number of benzene rings is 2. The Morgan fingerprint density at radius 2 is 1.78 bits per heavy atom. The van der Waals surface area contributed by atoms with Crippen molar-refractivity contribution in [3.05, 3.63) is 60.2 Å². The van der Waals surface area contributed by atoms with Crippen molar-refractivity contribution in [2.24, 2.45) is 0 Å². The van der Waals surface area contributed by atoms with Crippen LogP contribution in [0.4, 0.5) is 5.69 Å². The minimum atomic E-state index is -3.79. The van der Waals surface area contributed by atoms with Gasteiger partial charge in [0.05, 0.1) is 4.90 Å². The topological polar surface area (TPSA) is 81.7 Å². The normalized spacial score (nSPS) is 16.6. The van der Waals surface area contributed by atoms with Crippen molar-refractivity contribution in [2.75, 3.05) is 50.6 Å². The zero-order chi connectivity index (χ0) is 23.0. The third kappa shape index (κ3) is 7.31.